The minimum absolute atomic E-state index is 0.00792. The van der Waals surface area contributed by atoms with E-state index in [4.69, 9.17) is 27.9 Å². The van der Waals surface area contributed by atoms with Crippen molar-refractivity contribution < 1.29 is 22.7 Å². The maximum atomic E-state index is 12.6. The monoisotopic (exact) mass is 492 g/mol. The van der Waals surface area contributed by atoms with Crippen LogP contribution < -0.4 is 14.8 Å². The fourth-order valence-electron chi connectivity index (χ4n) is 2.70. The average molecular weight is 493 g/mol. The lowest BCUT2D eigenvalue weighted by molar-refractivity contribution is -0.118. The van der Waals surface area contributed by atoms with Crippen LogP contribution in [-0.2, 0) is 14.8 Å². The summed E-state index contributed by atoms with van der Waals surface area (Å²) in [5, 5.41) is 3.23. The number of Topliss-reactive ketones (excluding diaryl/α,β-unsaturated/α-hetero) is 1. The number of carbonyl (C=O) groups excluding carboxylic acids is 2. The van der Waals surface area contributed by atoms with Gasteiger partial charge in [0.1, 0.15) is 5.75 Å². The molecule has 0 fully saturated rings. The minimum atomic E-state index is -3.88. The molecule has 32 heavy (non-hydrogen) atoms. The third-order valence-corrected chi connectivity index (χ3v) is 6.01. The Morgan fingerprint density at radius 1 is 0.906 bits per heavy atom. The lowest BCUT2D eigenvalue weighted by Gasteiger charge is -2.11. The lowest BCUT2D eigenvalue weighted by Crippen LogP contribution is -2.20. The van der Waals surface area contributed by atoms with Gasteiger partial charge in [0.25, 0.3) is 15.9 Å². The number of halogens is 2. The van der Waals surface area contributed by atoms with Crippen LogP contribution in [0.1, 0.15) is 17.3 Å². The summed E-state index contributed by atoms with van der Waals surface area (Å²) in [5.41, 5.74) is 1.18. The first-order chi connectivity index (χ1) is 15.1. The van der Waals surface area contributed by atoms with Crippen LogP contribution in [-0.4, -0.2) is 26.7 Å². The van der Waals surface area contributed by atoms with Gasteiger partial charge in [0.2, 0.25) is 0 Å². The van der Waals surface area contributed by atoms with Gasteiger partial charge in [0.05, 0.1) is 10.6 Å². The van der Waals surface area contributed by atoms with E-state index in [2.05, 4.69) is 10.0 Å². The van der Waals surface area contributed by atoms with Crippen LogP contribution in [0.15, 0.2) is 71.6 Å². The van der Waals surface area contributed by atoms with Crippen molar-refractivity contribution in [1.82, 2.24) is 0 Å². The Labute approximate surface area is 195 Å². The number of hydrogen-bond acceptors (Lipinski definition) is 5. The van der Waals surface area contributed by atoms with Crippen LogP contribution in [0, 0.1) is 0 Å². The Balaban J connectivity index is 1.60. The molecule has 0 aromatic heterocycles. The highest BCUT2D eigenvalue weighted by Gasteiger charge is 2.15. The third-order valence-electron chi connectivity index (χ3n) is 4.17. The molecule has 3 rings (SSSR count). The Morgan fingerprint density at radius 3 is 2.19 bits per heavy atom. The van der Waals surface area contributed by atoms with Gasteiger partial charge in [0, 0.05) is 21.3 Å². The molecule has 0 atom stereocenters. The molecule has 0 saturated carbocycles. The SMILES string of the molecule is CC(=O)c1cccc(NC(=O)COc2ccc(S(=O)(=O)Nc3cc(Cl)cc(Cl)c3)cc2)c1. The van der Waals surface area contributed by atoms with Crippen molar-refractivity contribution in [3.05, 3.63) is 82.3 Å². The van der Waals surface area contributed by atoms with E-state index in [1.54, 1.807) is 24.3 Å². The fraction of sp³-hybridized carbons (Fsp3) is 0.0909. The maximum Gasteiger partial charge on any atom is 0.262 e. The molecule has 0 heterocycles. The molecule has 7 nitrogen and oxygen atoms in total. The molecule has 0 aliphatic carbocycles. The van der Waals surface area contributed by atoms with Crippen molar-refractivity contribution in [3.63, 3.8) is 0 Å². The molecule has 0 unspecified atom stereocenters. The van der Waals surface area contributed by atoms with Crippen LogP contribution in [0.4, 0.5) is 11.4 Å². The maximum absolute atomic E-state index is 12.6. The van der Waals surface area contributed by atoms with Crippen molar-refractivity contribution in [2.24, 2.45) is 0 Å². The van der Waals surface area contributed by atoms with Crippen molar-refractivity contribution in [2.75, 3.05) is 16.6 Å². The molecule has 0 spiro atoms. The second-order valence-corrected chi connectivity index (χ2v) is 9.26. The molecule has 10 heteroatoms. The Bertz CT molecular complexity index is 1240. The molecule has 0 saturated heterocycles. The third kappa shape index (κ3) is 6.46. The summed E-state index contributed by atoms with van der Waals surface area (Å²) in [6.07, 6.45) is 0. The fourth-order valence-corrected chi connectivity index (χ4v) is 4.27. The molecule has 3 aromatic carbocycles. The summed E-state index contributed by atoms with van der Waals surface area (Å²) in [5.74, 6) is -0.232. The van der Waals surface area contributed by atoms with Crippen molar-refractivity contribution in [1.29, 1.82) is 0 Å². The van der Waals surface area contributed by atoms with E-state index < -0.39 is 15.9 Å². The Kier molecular flexibility index (Phi) is 7.40. The number of nitrogens with one attached hydrogen (secondary N) is 2. The van der Waals surface area contributed by atoms with E-state index in [1.165, 1.54) is 49.4 Å². The molecule has 0 aliphatic heterocycles. The number of anilines is 2. The molecule has 0 aliphatic rings. The normalized spacial score (nSPS) is 11.0. The highest BCUT2D eigenvalue weighted by atomic mass is 35.5. The second-order valence-electron chi connectivity index (χ2n) is 6.71. The number of amides is 1. The molecule has 3 aromatic rings. The molecule has 0 radical (unpaired) electrons. The Morgan fingerprint density at radius 2 is 1.56 bits per heavy atom. The van der Waals surface area contributed by atoms with Crippen molar-refractivity contribution in [3.8, 4) is 5.75 Å². The minimum Gasteiger partial charge on any atom is -0.484 e. The summed E-state index contributed by atoms with van der Waals surface area (Å²) >= 11 is 11.8. The highest BCUT2D eigenvalue weighted by molar-refractivity contribution is 7.92. The van der Waals surface area contributed by atoms with Gasteiger partial charge >= 0.3 is 0 Å². The van der Waals surface area contributed by atoms with E-state index in [0.717, 1.165) is 0 Å². The van der Waals surface area contributed by atoms with Crippen LogP contribution >= 0.6 is 23.2 Å². The zero-order valence-corrected chi connectivity index (χ0v) is 19.1. The predicted octanol–water partition coefficient (Wildman–Crippen LogP) is 5.01. The highest BCUT2D eigenvalue weighted by Crippen LogP contribution is 2.25. The zero-order valence-electron chi connectivity index (χ0n) is 16.8. The largest absolute Gasteiger partial charge is 0.484 e. The van der Waals surface area contributed by atoms with Crippen LogP contribution in [0.25, 0.3) is 0 Å². The van der Waals surface area contributed by atoms with E-state index >= 15 is 0 Å². The number of benzene rings is 3. The number of hydrogen-bond donors (Lipinski definition) is 2. The number of rotatable bonds is 8. The first-order valence-electron chi connectivity index (χ1n) is 9.25. The van der Waals surface area contributed by atoms with Crippen molar-refractivity contribution >= 4 is 56.3 Å². The van der Waals surface area contributed by atoms with Gasteiger partial charge < -0.3 is 10.1 Å². The lowest BCUT2D eigenvalue weighted by atomic mass is 10.1. The number of sulfonamides is 1. The van der Waals surface area contributed by atoms with Gasteiger partial charge in [-0.1, -0.05) is 35.3 Å². The zero-order chi connectivity index (χ0) is 23.3. The quantitative estimate of drug-likeness (QED) is 0.430. The van der Waals surface area contributed by atoms with Gasteiger partial charge in [-0.3, -0.25) is 14.3 Å². The van der Waals surface area contributed by atoms with E-state index in [0.29, 0.717) is 27.0 Å². The number of ether oxygens (including phenoxy) is 1. The summed E-state index contributed by atoms with van der Waals surface area (Å²) in [6, 6.07) is 16.5. The Hall–Kier alpha value is -3.07. The molecule has 1 amide bonds. The van der Waals surface area contributed by atoms with Gasteiger partial charge in [-0.2, -0.15) is 0 Å². The van der Waals surface area contributed by atoms with Gasteiger partial charge in [-0.05, 0) is 61.5 Å². The summed E-state index contributed by atoms with van der Waals surface area (Å²) in [6.45, 7) is 1.14. The summed E-state index contributed by atoms with van der Waals surface area (Å²) in [4.78, 5) is 23.5. The van der Waals surface area contributed by atoms with Crippen LogP contribution in [0.3, 0.4) is 0 Å². The number of ketones is 1. The molecular weight excluding hydrogens is 475 g/mol. The standard InChI is InChI=1S/C22H18Cl2N2O5S/c1-14(27)15-3-2-4-18(9-15)25-22(28)13-31-20-5-7-21(8-6-20)32(29,30)26-19-11-16(23)10-17(24)12-19/h2-12,26H,13H2,1H3,(H,25,28). The molecule has 0 bridgehead atoms. The van der Waals surface area contributed by atoms with E-state index in [1.807, 2.05) is 0 Å². The van der Waals surface area contributed by atoms with Gasteiger partial charge in [0.15, 0.2) is 12.4 Å². The van der Waals surface area contributed by atoms with E-state index in [9.17, 15) is 18.0 Å². The predicted molar refractivity (Wildman–Crippen MR) is 124 cm³/mol. The first-order valence-corrected chi connectivity index (χ1v) is 11.5. The van der Waals surface area contributed by atoms with Gasteiger partial charge in [-0.15, -0.1) is 0 Å². The molecule has 2 N–H and O–H groups in total. The van der Waals surface area contributed by atoms with Crippen molar-refractivity contribution in [2.45, 2.75) is 11.8 Å². The van der Waals surface area contributed by atoms with E-state index in [-0.39, 0.29) is 23.0 Å². The van der Waals surface area contributed by atoms with Crippen LogP contribution in [0.2, 0.25) is 10.0 Å². The topological polar surface area (TPSA) is 102 Å². The smallest absolute Gasteiger partial charge is 0.262 e. The van der Waals surface area contributed by atoms with Crippen LogP contribution in [0.5, 0.6) is 5.75 Å². The number of carbonyl (C=O) groups is 2. The molecular formula is C22H18Cl2N2O5S. The first kappa shape index (κ1) is 23.6. The summed E-state index contributed by atoms with van der Waals surface area (Å²) < 4.78 is 32.9. The summed E-state index contributed by atoms with van der Waals surface area (Å²) in [7, 11) is -3.88. The molecule has 166 valence electrons. The second kappa shape index (κ2) is 10.0. The van der Waals surface area contributed by atoms with Gasteiger partial charge in [-0.25, -0.2) is 8.42 Å². The average Bonchev–Trinajstić information content (AvgIpc) is 2.71.